The van der Waals surface area contributed by atoms with Crippen molar-refractivity contribution in [2.75, 3.05) is 0 Å². The summed E-state index contributed by atoms with van der Waals surface area (Å²) in [7, 11) is 0. The van der Waals surface area contributed by atoms with E-state index < -0.39 is 0 Å². The summed E-state index contributed by atoms with van der Waals surface area (Å²) in [6.07, 6.45) is 8.04. The van der Waals surface area contributed by atoms with Crippen LogP contribution in [-0.4, -0.2) is 15.0 Å². The maximum atomic E-state index is 4.23. The number of hydrogen-bond donors (Lipinski definition) is 2. The van der Waals surface area contributed by atoms with Gasteiger partial charge in [0.05, 0.1) is 0 Å². The van der Waals surface area contributed by atoms with Gasteiger partial charge in [-0.05, 0) is 47.9 Å². The summed E-state index contributed by atoms with van der Waals surface area (Å²) in [6.45, 7) is 2.30. The Morgan fingerprint density at radius 1 is 0.692 bits per heavy atom. The first kappa shape index (κ1) is 15.0. The number of para-hydroxylation sites is 2. The van der Waals surface area contributed by atoms with Crippen molar-refractivity contribution in [1.29, 1.82) is 0 Å². The minimum Gasteiger partial charge on any atom is -0.361 e. The van der Waals surface area contributed by atoms with Crippen molar-refractivity contribution in [3.05, 3.63) is 102 Å². The number of benzene rings is 2. The van der Waals surface area contributed by atoms with Gasteiger partial charge in [-0.3, -0.25) is 4.98 Å². The highest BCUT2D eigenvalue weighted by molar-refractivity contribution is 5.90. The Bertz CT molecular complexity index is 1120. The van der Waals surface area contributed by atoms with E-state index in [1.165, 1.54) is 27.5 Å². The number of aromatic nitrogens is 3. The van der Waals surface area contributed by atoms with E-state index in [-0.39, 0.29) is 5.41 Å². The molecule has 0 aliphatic heterocycles. The third-order valence-electron chi connectivity index (χ3n) is 5.51. The minimum atomic E-state index is -0.303. The Labute approximate surface area is 151 Å². The lowest BCUT2D eigenvalue weighted by Crippen LogP contribution is -2.24. The van der Waals surface area contributed by atoms with Crippen LogP contribution in [0.1, 0.15) is 23.6 Å². The largest absolute Gasteiger partial charge is 0.361 e. The van der Waals surface area contributed by atoms with E-state index in [4.69, 9.17) is 0 Å². The third-order valence-corrected chi connectivity index (χ3v) is 5.51. The molecular weight excluding hydrogens is 318 g/mol. The molecule has 0 unspecified atom stereocenters. The molecule has 0 saturated carbocycles. The van der Waals surface area contributed by atoms with Gasteiger partial charge in [0.15, 0.2) is 0 Å². The second kappa shape index (κ2) is 5.60. The zero-order valence-electron chi connectivity index (χ0n) is 14.5. The highest BCUT2D eigenvalue weighted by Gasteiger charge is 2.35. The molecule has 0 aliphatic rings. The average Bonchev–Trinajstić information content (AvgIpc) is 3.33. The van der Waals surface area contributed by atoms with Crippen molar-refractivity contribution < 1.29 is 0 Å². The van der Waals surface area contributed by atoms with Crippen molar-refractivity contribution in [2.24, 2.45) is 0 Å². The third kappa shape index (κ3) is 2.04. The number of nitrogens with one attached hydrogen (secondary N) is 2. The predicted molar refractivity (Wildman–Crippen MR) is 106 cm³/mol. The van der Waals surface area contributed by atoms with Gasteiger partial charge >= 0.3 is 0 Å². The van der Waals surface area contributed by atoms with E-state index >= 15 is 0 Å². The molecule has 0 fully saturated rings. The lowest BCUT2D eigenvalue weighted by Gasteiger charge is -2.30. The van der Waals surface area contributed by atoms with Crippen molar-refractivity contribution in [1.82, 2.24) is 15.0 Å². The first-order valence-corrected chi connectivity index (χ1v) is 8.82. The second-order valence-electron chi connectivity index (χ2n) is 6.86. The van der Waals surface area contributed by atoms with Crippen LogP contribution in [0.4, 0.5) is 0 Å². The zero-order chi connectivity index (χ0) is 17.6. The van der Waals surface area contributed by atoms with E-state index in [2.05, 4.69) is 94.9 Å². The fraction of sp³-hybridized carbons (Fsp3) is 0.0870. The van der Waals surface area contributed by atoms with Gasteiger partial charge in [-0.2, -0.15) is 0 Å². The Balaban J connectivity index is 1.88. The van der Waals surface area contributed by atoms with Crippen LogP contribution in [0.25, 0.3) is 21.8 Å². The molecule has 0 radical (unpaired) electrons. The monoisotopic (exact) mass is 337 g/mol. The predicted octanol–water partition coefficient (Wildman–Crippen LogP) is 5.40. The molecule has 3 nitrogen and oxygen atoms in total. The molecule has 5 rings (SSSR count). The van der Waals surface area contributed by atoms with E-state index in [0.717, 1.165) is 11.0 Å². The van der Waals surface area contributed by atoms with Crippen LogP contribution >= 0.6 is 0 Å². The van der Waals surface area contributed by atoms with Gasteiger partial charge in [-0.25, -0.2) is 0 Å². The molecule has 2 aromatic carbocycles. The van der Waals surface area contributed by atoms with Crippen molar-refractivity contribution >= 4 is 21.8 Å². The normalized spacial score (nSPS) is 12.0. The van der Waals surface area contributed by atoms with E-state index in [9.17, 15) is 0 Å². The summed E-state index contributed by atoms with van der Waals surface area (Å²) < 4.78 is 0. The minimum absolute atomic E-state index is 0.303. The number of nitrogens with zero attached hydrogens (tertiary/aromatic N) is 1. The molecule has 0 bridgehead atoms. The zero-order valence-corrected chi connectivity index (χ0v) is 14.5. The Morgan fingerprint density at radius 2 is 1.19 bits per heavy atom. The van der Waals surface area contributed by atoms with Crippen LogP contribution < -0.4 is 0 Å². The quantitative estimate of drug-likeness (QED) is 0.455. The van der Waals surface area contributed by atoms with Crippen molar-refractivity contribution in [2.45, 2.75) is 12.3 Å². The van der Waals surface area contributed by atoms with Crippen LogP contribution in [0, 0.1) is 0 Å². The summed E-state index contributed by atoms with van der Waals surface area (Å²) in [4.78, 5) is 11.1. The molecule has 3 heteroatoms. The molecule has 126 valence electrons. The summed E-state index contributed by atoms with van der Waals surface area (Å²) in [5.41, 5.74) is 5.77. The van der Waals surface area contributed by atoms with Crippen LogP contribution in [0.3, 0.4) is 0 Å². The Hall–Kier alpha value is -3.33. The smallest absolute Gasteiger partial charge is 0.0466 e. The number of aromatic amines is 2. The second-order valence-corrected chi connectivity index (χ2v) is 6.86. The maximum Gasteiger partial charge on any atom is 0.0466 e. The molecule has 5 aromatic rings. The number of rotatable bonds is 3. The van der Waals surface area contributed by atoms with Gasteiger partial charge in [-0.1, -0.05) is 36.4 Å². The molecule has 0 saturated heterocycles. The molecule has 26 heavy (non-hydrogen) atoms. The van der Waals surface area contributed by atoms with Gasteiger partial charge < -0.3 is 9.97 Å². The highest BCUT2D eigenvalue weighted by Crippen LogP contribution is 2.44. The van der Waals surface area contributed by atoms with Gasteiger partial charge in [0, 0.05) is 52.0 Å². The van der Waals surface area contributed by atoms with E-state index in [1.807, 2.05) is 12.4 Å². The number of hydrogen-bond acceptors (Lipinski definition) is 1. The molecule has 3 aromatic heterocycles. The van der Waals surface area contributed by atoms with Gasteiger partial charge in [0.25, 0.3) is 0 Å². The Morgan fingerprint density at radius 3 is 1.73 bits per heavy atom. The lowest BCUT2D eigenvalue weighted by molar-refractivity contribution is 0.704. The topological polar surface area (TPSA) is 44.5 Å². The van der Waals surface area contributed by atoms with Crippen LogP contribution in [0.2, 0.25) is 0 Å². The van der Waals surface area contributed by atoms with Crippen LogP contribution in [0.5, 0.6) is 0 Å². The van der Waals surface area contributed by atoms with Gasteiger partial charge in [-0.15, -0.1) is 0 Å². The number of pyridine rings is 1. The molecule has 3 heterocycles. The first-order chi connectivity index (χ1) is 12.8. The van der Waals surface area contributed by atoms with E-state index in [1.54, 1.807) is 0 Å². The fourth-order valence-electron chi connectivity index (χ4n) is 4.11. The fourth-order valence-corrected chi connectivity index (χ4v) is 4.11. The maximum absolute atomic E-state index is 4.23. The SMILES string of the molecule is CC(c1ccncc1)(c1c[nH]c2ccccc12)c1c[nH]c2ccccc12. The Kier molecular flexibility index (Phi) is 3.22. The van der Waals surface area contributed by atoms with Gasteiger partial charge in [0.1, 0.15) is 0 Å². The first-order valence-electron chi connectivity index (χ1n) is 8.82. The van der Waals surface area contributed by atoms with Crippen molar-refractivity contribution in [3.63, 3.8) is 0 Å². The molecule has 0 spiro atoms. The van der Waals surface area contributed by atoms with Crippen LogP contribution in [0.15, 0.2) is 85.5 Å². The summed E-state index contributed by atoms with van der Waals surface area (Å²) >= 11 is 0. The summed E-state index contributed by atoms with van der Waals surface area (Å²) in [5, 5.41) is 2.49. The summed E-state index contributed by atoms with van der Waals surface area (Å²) in [6, 6.07) is 21.2. The van der Waals surface area contributed by atoms with E-state index in [0.29, 0.717) is 0 Å². The average molecular weight is 337 g/mol. The molecule has 0 amide bonds. The summed E-state index contributed by atoms with van der Waals surface area (Å²) in [5.74, 6) is 0. The van der Waals surface area contributed by atoms with Gasteiger partial charge in [0.2, 0.25) is 0 Å². The molecule has 2 N–H and O–H groups in total. The number of fused-ring (bicyclic) bond motifs is 2. The standard InChI is InChI=1S/C23H19N3/c1-23(16-10-12-24-13-11-16,19-14-25-21-8-4-2-6-17(19)21)20-15-26-22-9-5-3-7-18(20)22/h2-15,25-26H,1H3. The number of H-pyrrole nitrogens is 2. The van der Waals surface area contributed by atoms with Crippen LogP contribution in [-0.2, 0) is 5.41 Å². The molecule has 0 aliphatic carbocycles. The highest BCUT2D eigenvalue weighted by atomic mass is 14.7. The van der Waals surface area contributed by atoms with Crippen molar-refractivity contribution in [3.8, 4) is 0 Å². The lowest BCUT2D eigenvalue weighted by atomic mass is 9.71. The molecule has 0 atom stereocenters. The molecular formula is C23H19N3.